The first-order valence-corrected chi connectivity index (χ1v) is 3.99. The highest BCUT2D eigenvalue weighted by molar-refractivity contribution is 5.68. The molecule has 1 aromatic carbocycles. The summed E-state index contributed by atoms with van der Waals surface area (Å²) < 4.78 is 0. The van der Waals surface area contributed by atoms with Crippen LogP contribution in [0.1, 0.15) is 12.5 Å². The Kier molecular flexibility index (Phi) is 2.80. The maximum Gasteiger partial charge on any atom is 0.167 e. The van der Waals surface area contributed by atoms with Gasteiger partial charge in [0.2, 0.25) is 0 Å². The number of aliphatic hydroxyl groups excluding tert-OH is 1. The molecular formula is C10H12O3. The van der Waals surface area contributed by atoms with Crippen molar-refractivity contribution in [2.24, 2.45) is 0 Å². The van der Waals surface area contributed by atoms with Gasteiger partial charge in [0.05, 0.1) is 5.41 Å². The van der Waals surface area contributed by atoms with Gasteiger partial charge in [-0.3, -0.25) is 0 Å². The van der Waals surface area contributed by atoms with E-state index in [4.69, 9.17) is 10.2 Å². The van der Waals surface area contributed by atoms with Crippen LogP contribution in [0.4, 0.5) is 0 Å². The largest absolute Gasteiger partial charge is 0.367 e. The highest BCUT2D eigenvalue weighted by atomic mass is 16.5. The number of rotatable bonds is 3. The Morgan fingerprint density at radius 3 is 2.23 bits per heavy atom. The Balaban J connectivity index is 3.10. The summed E-state index contributed by atoms with van der Waals surface area (Å²) in [6, 6.07) is 8.68. The molecule has 1 aromatic rings. The van der Waals surface area contributed by atoms with Gasteiger partial charge in [0.25, 0.3) is 0 Å². The smallest absolute Gasteiger partial charge is 0.167 e. The molecule has 0 fully saturated rings. The Morgan fingerprint density at radius 2 is 1.85 bits per heavy atom. The summed E-state index contributed by atoms with van der Waals surface area (Å²) >= 11 is 0. The second kappa shape index (κ2) is 3.68. The molecule has 13 heavy (non-hydrogen) atoms. The van der Waals surface area contributed by atoms with Crippen LogP contribution in [0.5, 0.6) is 0 Å². The summed E-state index contributed by atoms with van der Waals surface area (Å²) in [6.07, 6.45) is -1.13. The van der Waals surface area contributed by atoms with Crippen molar-refractivity contribution < 1.29 is 15.0 Å². The van der Waals surface area contributed by atoms with E-state index >= 15 is 0 Å². The number of carbonyl (C=O) groups excluding carboxylic acids is 1. The molecule has 1 unspecified atom stereocenters. The lowest BCUT2D eigenvalue weighted by Gasteiger charge is -2.25. The Morgan fingerprint density at radius 1 is 1.31 bits per heavy atom. The van der Waals surface area contributed by atoms with Gasteiger partial charge in [0.15, 0.2) is 6.29 Å². The minimum atomic E-state index is -1.67. The van der Waals surface area contributed by atoms with Crippen molar-refractivity contribution in [2.75, 3.05) is 0 Å². The third kappa shape index (κ3) is 1.76. The fourth-order valence-corrected chi connectivity index (χ4v) is 1.08. The number of aldehydes is 1. The van der Waals surface area contributed by atoms with Gasteiger partial charge in [0.1, 0.15) is 6.29 Å². The second-order valence-electron chi connectivity index (χ2n) is 3.14. The Bertz CT molecular complexity index is 281. The van der Waals surface area contributed by atoms with Crippen molar-refractivity contribution in [3.63, 3.8) is 0 Å². The predicted molar refractivity (Wildman–Crippen MR) is 48.1 cm³/mol. The van der Waals surface area contributed by atoms with Crippen molar-refractivity contribution in [1.82, 2.24) is 0 Å². The van der Waals surface area contributed by atoms with E-state index in [1.54, 1.807) is 30.3 Å². The van der Waals surface area contributed by atoms with E-state index in [-0.39, 0.29) is 0 Å². The molecule has 3 heteroatoms. The van der Waals surface area contributed by atoms with Gasteiger partial charge in [-0.25, -0.2) is 0 Å². The van der Waals surface area contributed by atoms with Crippen LogP contribution in [0, 0.1) is 0 Å². The lowest BCUT2D eigenvalue weighted by molar-refractivity contribution is -0.132. The SMILES string of the molecule is CC(C=O)(c1ccccc1)C(O)O. The quantitative estimate of drug-likeness (QED) is 0.524. The van der Waals surface area contributed by atoms with Gasteiger partial charge in [0, 0.05) is 0 Å². The fraction of sp³-hybridized carbons (Fsp3) is 0.300. The van der Waals surface area contributed by atoms with Crippen LogP contribution in [0.2, 0.25) is 0 Å². The average Bonchev–Trinajstić information content (AvgIpc) is 2.17. The molecule has 0 spiro atoms. The third-order valence-electron chi connectivity index (χ3n) is 2.18. The normalized spacial score (nSPS) is 15.4. The molecule has 0 heterocycles. The summed E-state index contributed by atoms with van der Waals surface area (Å²) in [7, 11) is 0. The molecule has 0 aliphatic rings. The van der Waals surface area contributed by atoms with E-state index in [2.05, 4.69) is 0 Å². The monoisotopic (exact) mass is 180 g/mol. The molecule has 1 rings (SSSR count). The third-order valence-corrected chi connectivity index (χ3v) is 2.18. The van der Waals surface area contributed by atoms with Crippen LogP contribution in [-0.2, 0) is 10.2 Å². The molecule has 2 N–H and O–H groups in total. The van der Waals surface area contributed by atoms with Crippen LogP contribution in [0.25, 0.3) is 0 Å². The topological polar surface area (TPSA) is 57.5 Å². The standard InChI is InChI=1S/C10H12O3/c1-10(7-11,9(12)13)8-5-3-2-4-6-8/h2-7,9,12-13H,1H3. The van der Waals surface area contributed by atoms with Crippen molar-refractivity contribution in [3.8, 4) is 0 Å². The number of aliphatic hydroxyl groups is 2. The highest BCUT2D eigenvalue weighted by Gasteiger charge is 2.33. The van der Waals surface area contributed by atoms with E-state index < -0.39 is 11.7 Å². The van der Waals surface area contributed by atoms with Crippen LogP contribution < -0.4 is 0 Å². The predicted octanol–water partition coefficient (Wildman–Crippen LogP) is 0.454. The maximum absolute atomic E-state index is 10.7. The lowest BCUT2D eigenvalue weighted by Crippen LogP contribution is -2.37. The fourth-order valence-electron chi connectivity index (χ4n) is 1.08. The Labute approximate surface area is 76.6 Å². The summed E-state index contributed by atoms with van der Waals surface area (Å²) in [4.78, 5) is 10.7. The van der Waals surface area contributed by atoms with Gasteiger partial charge in [-0.05, 0) is 12.5 Å². The zero-order valence-electron chi connectivity index (χ0n) is 7.34. The maximum atomic E-state index is 10.7. The van der Waals surface area contributed by atoms with E-state index in [1.165, 1.54) is 6.92 Å². The van der Waals surface area contributed by atoms with Gasteiger partial charge >= 0.3 is 0 Å². The molecule has 1 atom stereocenters. The highest BCUT2D eigenvalue weighted by Crippen LogP contribution is 2.23. The molecule has 0 saturated heterocycles. The van der Waals surface area contributed by atoms with Crippen LogP contribution in [0.15, 0.2) is 30.3 Å². The van der Waals surface area contributed by atoms with Crippen LogP contribution in [-0.4, -0.2) is 22.8 Å². The zero-order chi connectivity index (χ0) is 9.90. The minimum absolute atomic E-state index is 0.549. The van der Waals surface area contributed by atoms with Crippen molar-refractivity contribution in [1.29, 1.82) is 0 Å². The molecule has 0 radical (unpaired) electrons. The molecule has 0 aliphatic carbocycles. The van der Waals surface area contributed by atoms with Crippen molar-refractivity contribution in [2.45, 2.75) is 18.6 Å². The molecule has 0 saturated carbocycles. The van der Waals surface area contributed by atoms with Gasteiger partial charge in [-0.1, -0.05) is 30.3 Å². The van der Waals surface area contributed by atoms with E-state index in [0.717, 1.165) is 0 Å². The van der Waals surface area contributed by atoms with E-state index in [1.807, 2.05) is 0 Å². The summed E-state index contributed by atoms with van der Waals surface area (Å²) in [6.45, 7) is 1.49. The molecule has 70 valence electrons. The van der Waals surface area contributed by atoms with E-state index in [0.29, 0.717) is 11.8 Å². The molecule has 0 aliphatic heterocycles. The molecule has 0 amide bonds. The zero-order valence-corrected chi connectivity index (χ0v) is 7.34. The molecule has 3 nitrogen and oxygen atoms in total. The summed E-state index contributed by atoms with van der Waals surface area (Å²) in [5.74, 6) is 0. The second-order valence-corrected chi connectivity index (χ2v) is 3.14. The van der Waals surface area contributed by atoms with Crippen molar-refractivity contribution >= 4 is 6.29 Å². The lowest BCUT2D eigenvalue weighted by atomic mass is 9.83. The van der Waals surface area contributed by atoms with E-state index in [9.17, 15) is 4.79 Å². The minimum Gasteiger partial charge on any atom is -0.367 e. The average molecular weight is 180 g/mol. The van der Waals surface area contributed by atoms with Gasteiger partial charge in [-0.2, -0.15) is 0 Å². The summed E-state index contributed by atoms with van der Waals surface area (Å²) in [5, 5.41) is 18.1. The van der Waals surface area contributed by atoms with Crippen LogP contribution in [0.3, 0.4) is 0 Å². The molecular weight excluding hydrogens is 168 g/mol. The molecule has 0 bridgehead atoms. The molecule has 0 aromatic heterocycles. The number of hydrogen-bond donors (Lipinski definition) is 2. The number of carbonyl (C=O) groups is 1. The summed E-state index contributed by atoms with van der Waals surface area (Å²) in [5.41, 5.74) is -0.638. The van der Waals surface area contributed by atoms with Crippen molar-refractivity contribution in [3.05, 3.63) is 35.9 Å². The van der Waals surface area contributed by atoms with Crippen LogP contribution >= 0.6 is 0 Å². The Hall–Kier alpha value is -1.19. The first-order valence-electron chi connectivity index (χ1n) is 3.99. The van der Waals surface area contributed by atoms with Gasteiger partial charge < -0.3 is 15.0 Å². The number of hydrogen-bond acceptors (Lipinski definition) is 3. The first-order chi connectivity index (χ1) is 6.11. The van der Waals surface area contributed by atoms with Gasteiger partial charge in [-0.15, -0.1) is 0 Å². The number of benzene rings is 1. The first kappa shape index (κ1) is 9.89.